The molecular formula is C15H28ClNO. The third kappa shape index (κ3) is 6.08. The van der Waals surface area contributed by atoms with Crippen LogP contribution >= 0.6 is 11.6 Å². The number of halogens is 1. The first kappa shape index (κ1) is 15.8. The molecular weight excluding hydrogens is 246 g/mol. The van der Waals surface area contributed by atoms with Gasteiger partial charge < -0.3 is 5.32 Å². The predicted molar refractivity (Wildman–Crippen MR) is 77.9 cm³/mol. The molecule has 0 heterocycles. The Morgan fingerprint density at radius 3 is 2.39 bits per heavy atom. The molecule has 0 atom stereocenters. The Bertz CT molecular complexity index is 245. The number of amides is 1. The number of alkyl halides is 1. The van der Waals surface area contributed by atoms with Gasteiger partial charge in [-0.2, -0.15) is 0 Å². The molecule has 0 radical (unpaired) electrons. The van der Waals surface area contributed by atoms with Gasteiger partial charge in [-0.25, -0.2) is 0 Å². The summed E-state index contributed by atoms with van der Waals surface area (Å²) in [7, 11) is 0. The summed E-state index contributed by atoms with van der Waals surface area (Å²) in [5.74, 6) is 1.24. The third-order valence-corrected chi connectivity index (χ3v) is 4.22. The molecule has 1 aliphatic rings. The van der Waals surface area contributed by atoms with Crippen LogP contribution < -0.4 is 5.32 Å². The quantitative estimate of drug-likeness (QED) is 0.572. The number of carbonyl (C=O) groups excluding carboxylic acids is 1. The highest BCUT2D eigenvalue weighted by Crippen LogP contribution is 2.24. The second-order valence-electron chi connectivity index (χ2n) is 6.36. The molecule has 1 N–H and O–H groups in total. The number of nitrogens with one attached hydrogen (secondary N) is 1. The third-order valence-electron chi connectivity index (χ3n) is 3.95. The molecule has 3 heteroatoms. The lowest BCUT2D eigenvalue weighted by Crippen LogP contribution is -2.37. The molecule has 0 aromatic heterocycles. The van der Waals surface area contributed by atoms with E-state index in [9.17, 15) is 4.79 Å². The van der Waals surface area contributed by atoms with E-state index in [1.54, 1.807) is 0 Å². The van der Waals surface area contributed by atoms with E-state index in [1.807, 2.05) is 0 Å². The topological polar surface area (TPSA) is 29.1 Å². The van der Waals surface area contributed by atoms with Crippen LogP contribution in [0.25, 0.3) is 0 Å². The summed E-state index contributed by atoms with van der Waals surface area (Å²) in [4.78, 5) is 12.1. The first-order valence-corrected chi connectivity index (χ1v) is 7.92. The second-order valence-corrected chi connectivity index (χ2v) is 6.74. The smallest absolute Gasteiger partial charge is 0.223 e. The van der Waals surface area contributed by atoms with Gasteiger partial charge in [0.2, 0.25) is 5.91 Å². The van der Waals surface area contributed by atoms with Gasteiger partial charge in [-0.1, -0.05) is 39.5 Å². The molecule has 1 aliphatic carbocycles. The minimum Gasteiger partial charge on any atom is -0.355 e. The first-order valence-electron chi connectivity index (χ1n) is 7.39. The number of hydrogen-bond donors (Lipinski definition) is 1. The van der Waals surface area contributed by atoms with Crippen LogP contribution in [0.1, 0.15) is 65.2 Å². The van der Waals surface area contributed by atoms with E-state index in [0.29, 0.717) is 5.88 Å². The van der Waals surface area contributed by atoms with Gasteiger partial charge in [0.15, 0.2) is 0 Å². The highest BCUT2D eigenvalue weighted by atomic mass is 35.5. The zero-order chi connectivity index (χ0) is 13.4. The van der Waals surface area contributed by atoms with Crippen LogP contribution in [0, 0.1) is 11.3 Å². The van der Waals surface area contributed by atoms with Crippen molar-refractivity contribution in [1.82, 2.24) is 5.32 Å². The maximum Gasteiger partial charge on any atom is 0.223 e. The van der Waals surface area contributed by atoms with Crippen LogP contribution in [-0.2, 0) is 4.79 Å². The Labute approximate surface area is 117 Å². The standard InChI is InChI=1S/C15H28ClNO/c1-15(2,10-7-11-16)12-17-14(18)13-8-5-3-4-6-9-13/h13H,3-12H2,1-2H3,(H,17,18). The number of carbonyl (C=O) groups is 1. The van der Waals surface area contributed by atoms with Gasteiger partial charge in [0.1, 0.15) is 0 Å². The van der Waals surface area contributed by atoms with Gasteiger partial charge in [0, 0.05) is 18.3 Å². The van der Waals surface area contributed by atoms with Gasteiger partial charge in [-0.3, -0.25) is 4.79 Å². The van der Waals surface area contributed by atoms with Gasteiger partial charge >= 0.3 is 0 Å². The minimum absolute atomic E-state index is 0.162. The molecule has 0 unspecified atom stereocenters. The molecule has 0 aromatic rings. The van der Waals surface area contributed by atoms with Gasteiger partial charge in [0.25, 0.3) is 0 Å². The highest BCUT2D eigenvalue weighted by Gasteiger charge is 2.23. The molecule has 1 rings (SSSR count). The van der Waals surface area contributed by atoms with Crippen molar-refractivity contribution in [3.05, 3.63) is 0 Å². The van der Waals surface area contributed by atoms with Gasteiger partial charge in [-0.05, 0) is 31.1 Å². The molecule has 0 spiro atoms. The summed E-state index contributed by atoms with van der Waals surface area (Å²) in [5.41, 5.74) is 0.162. The summed E-state index contributed by atoms with van der Waals surface area (Å²) < 4.78 is 0. The van der Waals surface area contributed by atoms with E-state index in [2.05, 4.69) is 19.2 Å². The van der Waals surface area contributed by atoms with Crippen molar-refractivity contribution >= 4 is 17.5 Å². The summed E-state index contributed by atoms with van der Waals surface area (Å²) in [6.45, 7) is 5.18. The zero-order valence-electron chi connectivity index (χ0n) is 11.9. The van der Waals surface area contributed by atoms with Crippen LogP contribution in [-0.4, -0.2) is 18.3 Å². The van der Waals surface area contributed by atoms with Crippen LogP contribution in [0.15, 0.2) is 0 Å². The fourth-order valence-electron chi connectivity index (χ4n) is 2.65. The summed E-state index contributed by atoms with van der Waals surface area (Å²) in [6, 6.07) is 0. The molecule has 106 valence electrons. The lowest BCUT2D eigenvalue weighted by atomic mass is 9.87. The molecule has 18 heavy (non-hydrogen) atoms. The largest absolute Gasteiger partial charge is 0.355 e. The molecule has 0 bridgehead atoms. The van der Waals surface area contributed by atoms with Crippen LogP contribution in [0.3, 0.4) is 0 Å². The molecule has 0 aliphatic heterocycles. The van der Waals surface area contributed by atoms with Crippen LogP contribution in [0.2, 0.25) is 0 Å². The van der Waals surface area contributed by atoms with Crippen molar-refractivity contribution in [2.75, 3.05) is 12.4 Å². The minimum atomic E-state index is 0.162. The second kappa shape index (κ2) is 8.04. The predicted octanol–water partition coefficient (Wildman–Crippen LogP) is 4.12. The van der Waals surface area contributed by atoms with Crippen molar-refractivity contribution in [2.45, 2.75) is 65.2 Å². The van der Waals surface area contributed by atoms with Crippen LogP contribution in [0.4, 0.5) is 0 Å². The summed E-state index contributed by atoms with van der Waals surface area (Å²) in [5, 5.41) is 3.15. The van der Waals surface area contributed by atoms with Crippen molar-refractivity contribution in [2.24, 2.45) is 11.3 Å². The summed E-state index contributed by atoms with van der Waals surface area (Å²) >= 11 is 5.72. The maximum atomic E-state index is 12.1. The monoisotopic (exact) mass is 273 g/mol. The molecule has 2 nitrogen and oxygen atoms in total. The molecule has 0 saturated heterocycles. The van der Waals surface area contributed by atoms with Crippen molar-refractivity contribution < 1.29 is 4.79 Å². The lowest BCUT2D eigenvalue weighted by molar-refractivity contribution is -0.125. The fourth-order valence-corrected chi connectivity index (χ4v) is 2.78. The van der Waals surface area contributed by atoms with Crippen molar-refractivity contribution in [1.29, 1.82) is 0 Å². The SMILES string of the molecule is CC(C)(CCCCl)CNC(=O)C1CCCCCC1. The lowest BCUT2D eigenvalue weighted by Gasteiger charge is -2.26. The Hall–Kier alpha value is -0.240. The fraction of sp³-hybridized carbons (Fsp3) is 0.933. The molecule has 1 saturated carbocycles. The van der Waals surface area contributed by atoms with E-state index in [1.165, 1.54) is 25.7 Å². The average molecular weight is 274 g/mol. The average Bonchev–Trinajstić information content (AvgIpc) is 2.62. The maximum absolute atomic E-state index is 12.1. The molecule has 1 fully saturated rings. The van der Waals surface area contributed by atoms with E-state index in [4.69, 9.17) is 11.6 Å². The highest BCUT2D eigenvalue weighted by molar-refractivity contribution is 6.17. The van der Waals surface area contributed by atoms with Gasteiger partial charge in [-0.15, -0.1) is 11.6 Å². The van der Waals surface area contributed by atoms with E-state index in [0.717, 1.165) is 32.2 Å². The van der Waals surface area contributed by atoms with Crippen molar-refractivity contribution in [3.8, 4) is 0 Å². The van der Waals surface area contributed by atoms with E-state index < -0.39 is 0 Å². The Kier molecular flexibility index (Phi) is 7.06. The molecule has 1 amide bonds. The van der Waals surface area contributed by atoms with Crippen molar-refractivity contribution in [3.63, 3.8) is 0 Å². The Balaban J connectivity index is 2.30. The first-order chi connectivity index (χ1) is 8.55. The molecule has 0 aromatic carbocycles. The van der Waals surface area contributed by atoms with Crippen LogP contribution in [0.5, 0.6) is 0 Å². The summed E-state index contributed by atoms with van der Waals surface area (Å²) in [6.07, 6.45) is 9.27. The Morgan fingerprint density at radius 1 is 1.22 bits per heavy atom. The van der Waals surface area contributed by atoms with E-state index in [-0.39, 0.29) is 17.2 Å². The normalized spacial score (nSPS) is 18.4. The zero-order valence-corrected chi connectivity index (χ0v) is 12.7. The number of hydrogen-bond acceptors (Lipinski definition) is 1. The Morgan fingerprint density at radius 2 is 1.83 bits per heavy atom. The van der Waals surface area contributed by atoms with Gasteiger partial charge in [0.05, 0.1) is 0 Å². The number of rotatable bonds is 6. The van der Waals surface area contributed by atoms with E-state index >= 15 is 0 Å².